The molecule has 1 atom stereocenters. The van der Waals surface area contributed by atoms with E-state index in [1.165, 1.54) is 0 Å². The third-order valence-corrected chi connectivity index (χ3v) is 2.50. The number of hydrogen-bond acceptors (Lipinski definition) is 4. The molecule has 0 amide bonds. The maximum Gasteiger partial charge on any atom is 0.128 e. The van der Waals surface area contributed by atoms with Gasteiger partial charge in [-0.15, -0.1) is 0 Å². The van der Waals surface area contributed by atoms with Gasteiger partial charge in [-0.2, -0.15) is 0 Å². The van der Waals surface area contributed by atoms with Gasteiger partial charge in [0.2, 0.25) is 0 Å². The molecule has 1 saturated heterocycles. The number of ether oxygens (including phenoxy) is 1. The molecule has 1 fully saturated rings. The first kappa shape index (κ1) is 10.4. The van der Waals surface area contributed by atoms with Gasteiger partial charge in [0, 0.05) is 25.9 Å². The minimum Gasteiger partial charge on any atom is -0.380 e. The van der Waals surface area contributed by atoms with E-state index in [1.54, 1.807) is 6.21 Å². The van der Waals surface area contributed by atoms with Crippen LogP contribution in [0, 0.1) is 0 Å². The molecule has 2 N–H and O–H groups in total. The molecule has 4 heteroatoms. The van der Waals surface area contributed by atoms with E-state index in [-0.39, 0.29) is 6.04 Å². The molecule has 0 aromatic rings. The van der Waals surface area contributed by atoms with Crippen LogP contribution in [0.4, 0.5) is 0 Å². The average Bonchev–Trinajstić information content (AvgIpc) is 2.59. The second-order valence-electron chi connectivity index (χ2n) is 3.72. The summed E-state index contributed by atoms with van der Waals surface area (Å²) in [4.78, 5) is 6.63. The Kier molecular flexibility index (Phi) is 3.53. The van der Waals surface area contributed by atoms with E-state index in [0.717, 1.165) is 38.5 Å². The van der Waals surface area contributed by atoms with E-state index in [9.17, 15) is 0 Å². The van der Waals surface area contributed by atoms with Crippen LogP contribution in [0.2, 0.25) is 0 Å². The van der Waals surface area contributed by atoms with E-state index in [4.69, 9.17) is 10.5 Å². The first-order valence-electron chi connectivity index (χ1n) is 5.37. The zero-order chi connectivity index (χ0) is 10.5. The highest BCUT2D eigenvalue weighted by Crippen LogP contribution is 2.11. The minimum atomic E-state index is -0.0676. The highest BCUT2D eigenvalue weighted by Gasteiger charge is 2.11. The molecule has 2 rings (SSSR count). The Morgan fingerprint density at radius 1 is 1.40 bits per heavy atom. The summed E-state index contributed by atoms with van der Waals surface area (Å²) < 4.78 is 5.40. The molecule has 4 nitrogen and oxygen atoms in total. The van der Waals surface area contributed by atoms with Crippen LogP contribution in [0.15, 0.2) is 29.0 Å². The van der Waals surface area contributed by atoms with Gasteiger partial charge in [-0.3, -0.25) is 0 Å². The molecule has 1 unspecified atom stereocenters. The van der Waals surface area contributed by atoms with Gasteiger partial charge in [0.25, 0.3) is 0 Å². The number of rotatable bonds is 1. The minimum absolute atomic E-state index is 0.0676. The molecule has 15 heavy (non-hydrogen) atoms. The van der Waals surface area contributed by atoms with Crippen LogP contribution in [-0.4, -0.2) is 43.5 Å². The summed E-state index contributed by atoms with van der Waals surface area (Å²) in [6.07, 6.45) is 8.75. The normalized spacial score (nSPS) is 27.1. The first-order chi connectivity index (χ1) is 7.36. The van der Waals surface area contributed by atoms with Gasteiger partial charge in [-0.05, 0) is 12.5 Å². The lowest BCUT2D eigenvalue weighted by Gasteiger charge is -2.21. The Morgan fingerprint density at radius 2 is 2.33 bits per heavy atom. The highest BCUT2D eigenvalue weighted by atomic mass is 16.5. The van der Waals surface area contributed by atoms with Crippen molar-refractivity contribution in [2.45, 2.75) is 12.5 Å². The number of hydrogen-bond donors (Lipinski definition) is 1. The van der Waals surface area contributed by atoms with Crippen molar-refractivity contribution in [3.05, 3.63) is 24.0 Å². The van der Waals surface area contributed by atoms with Crippen molar-refractivity contribution in [3.63, 3.8) is 0 Å². The van der Waals surface area contributed by atoms with Crippen LogP contribution in [0.3, 0.4) is 0 Å². The molecule has 0 radical (unpaired) electrons. The highest BCUT2D eigenvalue weighted by molar-refractivity contribution is 5.69. The molecule has 2 aliphatic rings. The van der Waals surface area contributed by atoms with Gasteiger partial charge in [-0.1, -0.05) is 12.2 Å². The average molecular weight is 207 g/mol. The predicted octanol–water partition coefficient (Wildman–Crippen LogP) is 0.518. The summed E-state index contributed by atoms with van der Waals surface area (Å²) in [5, 5.41) is 0. The topological polar surface area (TPSA) is 50.8 Å². The van der Waals surface area contributed by atoms with Gasteiger partial charge in [-0.25, -0.2) is 4.99 Å². The molecule has 2 heterocycles. The molecule has 0 bridgehead atoms. The van der Waals surface area contributed by atoms with E-state index in [1.807, 2.05) is 18.2 Å². The zero-order valence-corrected chi connectivity index (χ0v) is 8.80. The molecule has 0 spiro atoms. The molecule has 0 aromatic heterocycles. The van der Waals surface area contributed by atoms with Crippen molar-refractivity contribution in [1.29, 1.82) is 0 Å². The molecule has 0 aliphatic carbocycles. The van der Waals surface area contributed by atoms with Crippen LogP contribution in [0.5, 0.6) is 0 Å². The molecule has 82 valence electrons. The third-order valence-electron chi connectivity index (χ3n) is 2.50. The SMILES string of the molecule is NC1C=CC=C(N2CCCOCC2)N=C1. The summed E-state index contributed by atoms with van der Waals surface area (Å²) in [6.45, 7) is 3.55. The van der Waals surface area contributed by atoms with E-state index in [0.29, 0.717) is 0 Å². The van der Waals surface area contributed by atoms with Crippen molar-refractivity contribution in [1.82, 2.24) is 4.90 Å². The second kappa shape index (κ2) is 5.09. The summed E-state index contributed by atoms with van der Waals surface area (Å²) in [6, 6.07) is -0.0676. The third kappa shape index (κ3) is 2.91. The Balaban J connectivity index is 2.05. The number of nitrogens with two attached hydrogens (primary N) is 1. The van der Waals surface area contributed by atoms with Gasteiger partial charge in [0.05, 0.1) is 12.6 Å². The second-order valence-corrected chi connectivity index (χ2v) is 3.72. The number of nitrogens with zero attached hydrogens (tertiary/aromatic N) is 2. The standard InChI is InChI=1S/C11H17N3O/c12-10-3-1-4-11(13-9-10)14-5-2-7-15-8-6-14/h1,3-4,9-10H,2,5-8,12H2. The summed E-state index contributed by atoms with van der Waals surface area (Å²) >= 11 is 0. The molecular formula is C11H17N3O. The predicted molar refractivity (Wildman–Crippen MR) is 60.7 cm³/mol. The Labute approximate surface area is 90.1 Å². The fraction of sp³-hybridized carbons (Fsp3) is 0.545. The zero-order valence-electron chi connectivity index (χ0n) is 8.80. The van der Waals surface area contributed by atoms with E-state index in [2.05, 4.69) is 9.89 Å². The maximum absolute atomic E-state index is 5.74. The summed E-state index contributed by atoms with van der Waals surface area (Å²) in [7, 11) is 0. The molecule has 0 aromatic carbocycles. The van der Waals surface area contributed by atoms with Gasteiger partial charge < -0.3 is 15.4 Å². The van der Waals surface area contributed by atoms with Crippen molar-refractivity contribution < 1.29 is 4.74 Å². The quantitative estimate of drug-likeness (QED) is 0.682. The monoisotopic (exact) mass is 207 g/mol. The number of allylic oxidation sites excluding steroid dienone is 2. The van der Waals surface area contributed by atoms with Crippen molar-refractivity contribution in [2.75, 3.05) is 26.3 Å². The number of aliphatic imine (C=N–C) groups is 1. The summed E-state index contributed by atoms with van der Waals surface area (Å²) in [5.41, 5.74) is 5.74. The lowest BCUT2D eigenvalue weighted by molar-refractivity contribution is 0.145. The van der Waals surface area contributed by atoms with Gasteiger partial charge in [0.1, 0.15) is 5.82 Å². The van der Waals surface area contributed by atoms with Crippen LogP contribution in [0.25, 0.3) is 0 Å². The van der Waals surface area contributed by atoms with Crippen LogP contribution < -0.4 is 5.73 Å². The Bertz CT molecular complexity index is 288. The van der Waals surface area contributed by atoms with Crippen molar-refractivity contribution in [3.8, 4) is 0 Å². The van der Waals surface area contributed by atoms with E-state index < -0.39 is 0 Å². The fourth-order valence-electron chi connectivity index (χ4n) is 1.69. The van der Waals surface area contributed by atoms with E-state index >= 15 is 0 Å². The fourth-order valence-corrected chi connectivity index (χ4v) is 1.69. The summed E-state index contributed by atoms with van der Waals surface area (Å²) in [5.74, 6) is 0.990. The Morgan fingerprint density at radius 3 is 3.27 bits per heavy atom. The maximum atomic E-state index is 5.74. The van der Waals surface area contributed by atoms with Crippen molar-refractivity contribution >= 4 is 6.21 Å². The van der Waals surface area contributed by atoms with Crippen LogP contribution in [-0.2, 0) is 4.74 Å². The Hall–Kier alpha value is -1.13. The van der Waals surface area contributed by atoms with Crippen LogP contribution in [0.1, 0.15) is 6.42 Å². The lowest BCUT2D eigenvalue weighted by atomic mass is 10.3. The van der Waals surface area contributed by atoms with Gasteiger partial charge >= 0.3 is 0 Å². The molecule has 2 aliphatic heterocycles. The van der Waals surface area contributed by atoms with Crippen molar-refractivity contribution in [2.24, 2.45) is 10.7 Å². The molecule has 0 saturated carbocycles. The first-order valence-corrected chi connectivity index (χ1v) is 5.37. The largest absolute Gasteiger partial charge is 0.380 e. The molecular weight excluding hydrogens is 190 g/mol. The lowest BCUT2D eigenvalue weighted by Crippen LogP contribution is -2.25. The van der Waals surface area contributed by atoms with Gasteiger partial charge in [0.15, 0.2) is 0 Å². The van der Waals surface area contributed by atoms with Crippen LogP contribution >= 0.6 is 0 Å². The smallest absolute Gasteiger partial charge is 0.128 e.